The molecule has 0 aliphatic rings. The minimum atomic E-state index is -1.81. The first-order chi connectivity index (χ1) is 12.5. The van der Waals surface area contributed by atoms with E-state index in [-0.39, 0.29) is 12.4 Å². The number of rotatable bonds is 12. The number of carbonyl (C=O) groups excluding carboxylic acids is 1. The lowest BCUT2D eigenvalue weighted by Crippen LogP contribution is -2.07. The van der Waals surface area contributed by atoms with Gasteiger partial charge in [0.15, 0.2) is 5.30 Å². The Kier molecular flexibility index (Phi) is 11.3. The first kappa shape index (κ1) is 22.1. The number of allylic oxidation sites excluding steroid dienone is 1. The first-order valence-electron chi connectivity index (χ1n) is 8.82. The topological polar surface area (TPSA) is 71.0 Å². The van der Waals surface area contributed by atoms with E-state index in [1.165, 1.54) is 0 Å². The number of unbranched alkanes of at least 4 members (excludes halogenated alkanes) is 1. The Morgan fingerprint density at radius 2 is 2.04 bits per heavy atom. The molecule has 0 bridgehead atoms. The lowest BCUT2D eigenvalue weighted by Gasteiger charge is -2.08. The quantitative estimate of drug-likeness (QED) is 0.241. The van der Waals surface area contributed by atoms with Crippen molar-refractivity contribution in [2.45, 2.75) is 33.1 Å². The van der Waals surface area contributed by atoms with Gasteiger partial charge in [0.25, 0.3) is 0 Å². The van der Waals surface area contributed by atoms with Crippen LogP contribution in [0, 0.1) is 5.92 Å². The zero-order valence-corrected chi connectivity index (χ0v) is 16.5. The number of hydrogen-bond acceptors (Lipinski definition) is 5. The summed E-state index contributed by atoms with van der Waals surface area (Å²) >= 11 is 0. The van der Waals surface area contributed by atoms with Gasteiger partial charge in [-0.25, -0.2) is 0 Å². The van der Waals surface area contributed by atoms with Crippen molar-refractivity contribution in [3.05, 3.63) is 49.1 Å². The summed E-state index contributed by atoms with van der Waals surface area (Å²) in [6.45, 7) is 9.13. The van der Waals surface area contributed by atoms with Crippen molar-refractivity contribution in [3.63, 3.8) is 0 Å². The van der Waals surface area contributed by atoms with Crippen molar-refractivity contribution in [1.29, 1.82) is 0 Å². The number of benzene rings is 1. The van der Waals surface area contributed by atoms with Crippen LogP contribution in [0.25, 0.3) is 0 Å². The highest BCUT2D eigenvalue weighted by Crippen LogP contribution is 2.17. The van der Waals surface area contributed by atoms with Gasteiger partial charge in [-0.15, -0.1) is 11.3 Å². The molecule has 0 saturated heterocycles. The maximum Gasteiger partial charge on any atom is 0.309 e. The third kappa shape index (κ3) is 10.1. The fourth-order valence-electron chi connectivity index (χ4n) is 1.86. The lowest BCUT2D eigenvalue weighted by molar-refractivity contribution is -0.152. The van der Waals surface area contributed by atoms with Crippen LogP contribution >= 0.6 is 7.94 Å². The molecule has 5 nitrogen and oxygen atoms in total. The van der Waals surface area contributed by atoms with Crippen LogP contribution in [0.2, 0.25) is 0 Å². The summed E-state index contributed by atoms with van der Waals surface area (Å²) < 4.78 is 14.7. The Morgan fingerprint density at radius 3 is 2.69 bits per heavy atom. The van der Waals surface area contributed by atoms with E-state index in [2.05, 4.69) is 25.2 Å². The van der Waals surface area contributed by atoms with Crippen LogP contribution in [0.5, 0.6) is 5.75 Å². The molecule has 0 aliphatic heterocycles. The normalized spacial score (nSPS) is 11.8. The lowest BCUT2D eigenvalue weighted by atomic mass is 10.2. The van der Waals surface area contributed by atoms with Crippen molar-refractivity contribution < 1.29 is 19.2 Å². The molecule has 1 aromatic carbocycles. The third-order valence-electron chi connectivity index (χ3n) is 3.22. The SMILES string of the molecule is C=CCCCOC(=O)CC=CCN=[P+]([O-])c1ccc(OCC(C)C)cc1. The molecular formula is C20H28NO4P. The van der Waals surface area contributed by atoms with Gasteiger partial charge in [0.1, 0.15) is 12.3 Å². The van der Waals surface area contributed by atoms with Crippen LogP contribution in [0.3, 0.4) is 0 Å². The van der Waals surface area contributed by atoms with Gasteiger partial charge in [0, 0.05) is 0 Å². The van der Waals surface area contributed by atoms with Gasteiger partial charge in [-0.05, 0) is 43.0 Å². The minimum Gasteiger partial charge on any atom is -0.607 e. The molecule has 26 heavy (non-hydrogen) atoms. The summed E-state index contributed by atoms with van der Waals surface area (Å²) in [5.41, 5.74) is 0. The Hall–Kier alpha value is -1.97. The standard InChI is InChI=1S/C20H28NO4P/c1-4-5-8-15-24-20(22)9-6-7-14-21-26(23)19-12-10-18(11-13-19)25-16-17(2)3/h4,6-7,10-13,17H,1,5,8-9,14-16H2,2-3H3. The maximum atomic E-state index is 12.1. The zero-order valence-electron chi connectivity index (χ0n) is 15.6. The van der Waals surface area contributed by atoms with E-state index in [1.807, 2.05) is 0 Å². The van der Waals surface area contributed by atoms with E-state index in [0.717, 1.165) is 18.6 Å². The Balaban J connectivity index is 2.34. The highest BCUT2D eigenvalue weighted by Gasteiger charge is 2.05. The second-order valence-electron chi connectivity index (χ2n) is 6.12. The fraction of sp³-hybridized carbons (Fsp3) is 0.450. The summed E-state index contributed by atoms with van der Waals surface area (Å²) in [6.07, 6.45) is 7.02. The van der Waals surface area contributed by atoms with Crippen LogP contribution in [-0.4, -0.2) is 25.7 Å². The molecule has 0 aromatic heterocycles. The predicted molar refractivity (Wildman–Crippen MR) is 105 cm³/mol. The van der Waals surface area contributed by atoms with E-state index >= 15 is 0 Å². The van der Waals surface area contributed by atoms with Crippen LogP contribution in [0.4, 0.5) is 0 Å². The third-order valence-corrected chi connectivity index (χ3v) is 4.38. The maximum absolute atomic E-state index is 12.1. The van der Waals surface area contributed by atoms with E-state index < -0.39 is 7.94 Å². The molecule has 0 saturated carbocycles. The van der Waals surface area contributed by atoms with E-state index in [0.29, 0.717) is 31.0 Å². The van der Waals surface area contributed by atoms with Crippen molar-refractivity contribution >= 4 is 19.2 Å². The molecule has 142 valence electrons. The van der Waals surface area contributed by atoms with Crippen molar-refractivity contribution in [1.82, 2.24) is 0 Å². The van der Waals surface area contributed by atoms with Crippen LogP contribution in [-0.2, 0) is 9.53 Å². The molecule has 6 heteroatoms. The van der Waals surface area contributed by atoms with Crippen molar-refractivity contribution in [3.8, 4) is 5.75 Å². The second-order valence-corrected chi connectivity index (χ2v) is 7.47. The molecule has 0 spiro atoms. The van der Waals surface area contributed by atoms with Gasteiger partial charge in [-0.3, -0.25) is 4.79 Å². The highest BCUT2D eigenvalue weighted by molar-refractivity contribution is 7.48. The Bertz CT molecular complexity index is 609. The predicted octanol–water partition coefficient (Wildman–Crippen LogP) is 3.74. The Morgan fingerprint density at radius 1 is 1.31 bits per heavy atom. The van der Waals surface area contributed by atoms with Gasteiger partial charge in [0.05, 0.1) is 19.6 Å². The average molecular weight is 377 g/mol. The molecule has 0 radical (unpaired) electrons. The molecule has 0 fully saturated rings. The van der Waals surface area contributed by atoms with Gasteiger partial charge in [-0.1, -0.05) is 32.1 Å². The summed E-state index contributed by atoms with van der Waals surface area (Å²) in [4.78, 5) is 23.6. The van der Waals surface area contributed by atoms with E-state index in [4.69, 9.17) is 9.47 Å². The van der Waals surface area contributed by atoms with Gasteiger partial charge >= 0.3 is 5.97 Å². The molecule has 0 N–H and O–H groups in total. The van der Waals surface area contributed by atoms with Gasteiger partial charge in [0.2, 0.25) is 7.94 Å². The molecule has 1 rings (SSSR count). The molecule has 0 aliphatic carbocycles. The first-order valence-corrected chi connectivity index (χ1v) is 10.0. The molecule has 1 unspecified atom stereocenters. The molecule has 0 amide bonds. The fourth-order valence-corrected chi connectivity index (χ4v) is 2.67. The van der Waals surface area contributed by atoms with Crippen LogP contribution < -0.4 is 14.9 Å². The molecule has 0 heterocycles. The molecular weight excluding hydrogens is 349 g/mol. The van der Waals surface area contributed by atoms with Crippen LogP contribution in [0.15, 0.2) is 53.8 Å². The van der Waals surface area contributed by atoms with Gasteiger partial charge in [-0.2, -0.15) is 0 Å². The summed E-state index contributed by atoms with van der Waals surface area (Å²) in [7, 11) is -1.81. The number of hydrogen-bond donors (Lipinski definition) is 0. The zero-order chi connectivity index (χ0) is 19.2. The Labute approximate surface area is 157 Å². The molecule has 1 atom stereocenters. The number of ether oxygens (including phenoxy) is 2. The smallest absolute Gasteiger partial charge is 0.309 e. The largest absolute Gasteiger partial charge is 0.607 e. The van der Waals surface area contributed by atoms with Crippen molar-refractivity contribution in [2.75, 3.05) is 19.8 Å². The van der Waals surface area contributed by atoms with E-state index in [1.54, 1.807) is 42.5 Å². The molecule has 1 aromatic rings. The number of esters is 1. The van der Waals surface area contributed by atoms with E-state index in [9.17, 15) is 9.69 Å². The summed E-state index contributed by atoms with van der Waals surface area (Å²) in [6, 6.07) is 7.14. The number of nitrogens with zero attached hydrogens (tertiary/aromatic N) is 1. The number of carbonyl (C=O) groups is 1. The van der Waals surface area contributed by atoms with Gasteiger partial charge < -0.3 is 14.4 Å². The highest BCUT2D eigenvalue weighted by atomic mass is 31.1. The minimum absolute atomic E-state index is 0.197. The average Bonchev–Trinajstić information content (AvgIpc) is 2.63. The summed E-state index contributed by atoms with van der Waals surface area (Å²) in [5.74, 6) is 0.946. The summed E-state index contributed by atoms with van der Waals surface area (Å²) in [5, 5.41) is 0.659. The monoisotopic (exact) mass is 377 g/mol. The van der Waals surface area contributed by atoms with Crippen molar-refractivity contribution in [2.24, 2.45) is 10.7 Å². The second kappa shape index (κ2) is 13.3. The van der Waals surface area contributed by atoms with Crippen LogP contribution in [0.1, 0.15) is 33.1 Å².